The van der Waals surface area contributed by atoms with Crippen molar-refractivity contribution in [2.45, 2.75) is 13.3 Å². The molecule has 0 unspecified atom stereocenters. The highest BCUT2D eigenvalue weighted by Crippen LogP contribution is 2.20. The van der Waals surface area contributed by atoms with Crippen LogP contribution in [0.15, 0.2) is 6.33 Å². The zero-order valence-corrected chi connectivity index (χ0v) is 10.8. The van der Waals surface area contributed by atoms with Gasteiger partial charge in [-0.3, -0.25) is 4.79 Å². The number of hydrogen-bond acceptors (Lipinski definition) is 5. The molecule has 17 heavy (non-hydrogen) atoms. The molecule has 0 aliphatic rings. The maximum Gasteiger partial charge on any atom is 0.241 e. The van der Waals surface area contributed by atoms with Crippen molar-refractivity contribution >= 4 is 17.5 Å². The summed E-state index contributed by atoms with van der Waals surface area (Å²) in [6, 6.07) is 0. The molecule has 0 aliphatic heterocycles. The molecule has 0 spiro atoms. The standard InChI is InChI=1S/C11H19N5O/c1-5-8-10(12)13-7-14-11(8)16(4)6-9(17)15(2)3/h7H,5-6H2,1-4H3,(H2,12,13,14). The van der Waals surface area contributed by atoms with Gasteiger partial charge in [0.15, 0.2) is 0 Å². The van der Waals surface area contributed by atoms with E-state index in [4.69, 9.17) is 5.73 Å². The van der Waals surface area contributed by atoms with E-state index in [9.17, 15) is 4.79 Å². The average molecular weight is 237 g/mol. The van der Waals surface area contributed by atoms with Gasteiger partial charge in [-0.25, -0.2) is 9.97 Å². The molecule has 0 bridgehead atoms. The zero-order chi connectivity index (χ0) is 13.0. The smallest absolute Gasteiger partial charge is 0.241 e. The maximum absolute atomic E-state index is 11.6. The third-order valence-electron chi connectivity index (χ3n) is 2.54. The van der Waals surface area contributed by atoms with Crippen LogP contribution in [0.5, 0.6) is 0 Å². The van der Waals surface area contributed by atoms with Crippen molar-refractivity contribution < 1.29 is 4.79 Å². The number of carbonyl (C=O) groups excluding carboxylic acids is 1. The number of nitrogen functional groups attached to an aromatic ring is 1. The highest BCUT2D eigenvalue weighted by atomic mass is 16.2. The number of amides is 1. The van der Waals surface area contributed by atoms with Crippen LogP contribution >= 0.6 is 0 Å². The summed E-state index contributed by atoms with van der Waals surface area (Å²) in [7, 11) is 5.28. The molecule has 1 aromatic rings. The molecule has 94 valence electrons. The number of anilines is 2. The highest BCUT2D eigenvalue weighted by molar-refractivity contribution is 5.81. The summed E-state index contributed by atoms with van der Waals surface area (Å²) in [6.07, 6.45) is 2.16. The van der Waals surface area contributed by atoms with Gasteiger partial charge < -0.3 is 15.5 Å². The summed E-state index contributed by atoms with van der Waals surface area (Å²) in [5.74, 6) is 1.21. The van der Waals surface area contributed by atoms with Crippen LogP contribution in [0, 0.1) is 0 Å². The van der Waals surface area contributed by atoms with Crippen molar-refractivity contribution in [3.05, 3.63) is 11.9 Å². The van der Waals surface area contributed by atoms with E-state index in [0.717, 1.165) is 17.8 Å². The monoisotopic (exact) mass is 237 g/mol. The SMILES string of the molecule is CCc1c(N)ncnc1N(C)CC(=O)N(C)C. The van der Waals surface area contributed by atoms with Gasteiger partial charge in [0.25, 0.3) is 0 Å². The molecular formula is C11H19N5O. The normalized spacial score (nSPS) is 10.1. The van der Waals surface area contributed by atoms with Crippen LogP contribution in [0.3, 0.4) is 0 Å². The number of nitrogens with two attached hydrogens (primary N) is 1. The van der Waals surface area contributed by atoms with Crippen LogP contribution in [-0.2, 0) is 11.2 Å². The summed E-state index contributed by atoms with van der Waals surface area (Å²) in [5.41, 5.74) is 6.66. The molecule has 1 amide bonds. The van der Waals surface area contributed by atoms with Crippen molar-refractivity contribution in [1.82, 2.24) is 14.9 Å². The molecule has 0 fully saturated rings. The van der Waals surface area contributed by atoms with Gasteiger partial charge in [0, 0.05) is 26.7 Å². The number of carbonyl (C=O) groups is 1. The Hall–Kier alpha value is -1.85. The summed E-state index contributed by atoms with van der Waals surface area (Å²) in [4.78, 5) is 23.1. The minimum atomic E-state index is 0.0201. The van der Waals surface area contributed by atoms with Crippen molar-refractivity contribution in [3.8, 4) is 0 Å². The lowest BCUT2D eigenvalue weighted by molar-refractivity contribution is -0.127. The fourth-order valence-corrected chi connectivity index (χ4v) is 1.50. The van der Waals surface area contributed by atoms with Crippen LogP contribution in [0.4, 0.5) is 11.6 Å². The largest absolute Gasteiger partial charge is 0.383 e. The average Bonchev–Trinajstić information content (AvgIpc) is 2.28. The molecule has 1 aromatic heterocycles. The van der Waals surface area contributed by atoms with Gasteiger partial charge in [0.05, 0.1) is 6.54 Å². The lowest BCUT2D eigenvalue weighted by Crippen LogP contribution is -2.35. The predicted molar refractivity (Wildman–Crippen MR) is 67.8 cm³/mol. The first-order valence-electron chi connectivity index (χ1n) is 5.48. The zero-order valence-electron chi connectivity index (χ0n) is 10.8. The Morgan fingerprint density at radius 1 is 1.35 bits per heavy atom. The molecule has 0 aromatic carbocycles. The summed E-state index contributed by atoms with van der Waals surface area (Å²) in [5, 5.41) is 0. The Morgan fingerprint density at radius 2 is 2.00 bits per heavy atom. The van der Waals surface area contributed by atoms with E-state index in [1.54, 1.807) is 23.9 Å². The molecular weight excluding hydrogens is 218 g/mol. The first-order valence-corrected chi connectivity index (χ1v) is 5.48. The molecule has 0 saturated carbocycles. The van der Waals surface area contributed by atoms with Crippen molar-refractivity contribution in [2.24, 2.45) is 0 Å². The van der Waals surface area contributed by atoms with Crippen LogP contribution in [0.1, 0.15) is 12.5 Å². The Morgan fingerprint density at radius 3 is 2.53 bits per heavy atom. The molecule has 6 nitrogen and oxygen atoms in total. The van der Waals surface area contributed by atoms with E-state index in [-0.39, 0.29) is 12.5 Å². The van der Waals surface area contributed by atoms with E-state index < -0.39 is 0 Å². The van der Waals surface area contributed by atoms with Crippen LogP contribution in [-0.4, -0.2) is 48.5 Å². The topological polar surface area (TPSA) is 75.3 Å². The fourth-order valence-electron chi connectivity index (χ4n) is 1.50. The number of likely N-dealkylation sites (N-methyl/N-ethyl adjacent to an activating group) is 2. The molecule has 0 atom stereocenters. The molecule has 2 N–H and O–H groups in total. The van der Waals surface area contributed by atoms with Gasteiger partial charge in [-0.1, -0.05) is 6.92 Å². The Kier molecular flexibility index (Phi) is 4.25. The lowest BCUT2D eigenvalue weighted by Gasteiger charge is -2.22. The van der Waals surface area contributed by atoms with E-state index in [1.807, 2.05) is 14.0 Å². The summed E-state index contributed by atoms with van der Waals surface area (Å²) in [6.45, 7) is 2.26. The van der Waals surface area contributed by atoms with Crippen molar-refractivity contribution in [3.63, 3.8) is 0 Å². The lowest BCUT2D eigenvalue weighted by atomic mass is 10.2. The molecule has 6 heteroatoms. The first-order chi connectivity index (χ1) is 7.97. The minimum absolute atomic E-state index is 0.0201. The Labute approximate surface area is 101 Å². The third kappa shape index (κ3) is 3.05. The molecule has 1 heterocycles. The van der Waals surface area contributed by atoms with Gasteiger partial charge >= 0.3 is 0 Å². The van der Waals surface area contributed by atoms with E-state index in [1.165, 1.54) is 6.33 Å². The van der Waals surface area contributed by atoms with Gasteiger partial charge in [-0.15, -0.1) is 0 Å². The van der Waals surface area contributed by atoms with Crippen LogP contribution in [0.2, 0.25) is 0 Å². The van der Waals surface area contributed by atoms with E-state index in [0.29, 0.717) is 5.82 Å². The van der Waals surface area contributed by atoms with Crippen LogP contribution in [0.25, 0.3) is 0 Å². The number of hydrogen-bond donors (Lipinski definition) is 1. The molecule has 1 rings (SSSR count). The van der Waals surface area contributed by atoms with Crippen molar-refractivity contribution in [2.75, 3.05) is 38.3 Å². The maximum atomic E-state index is 11.6. The third-order valence-corrected chi connectivity index (χ3v) is 2.54. The van der Waals surface area contributed by atoms with Gasteiger partial charge in [0.1, 0.15) is 18.0 Å². The van der Waals surface area contributed by atoms with Crippen molar-refractivity contribution in [1.29, 1.82) is 0 Å². The van der Waals surface area contributed by atoms with Gasteiger partial charge in [0.2, 0.25) is 5.91 Å². The summed E-state index contributed by atoms with van der Waals surface area (Å²) < 4.78 is 0. The van der Waals surface area contributed by atoms with E-state index in [2.05, 4.69) is 9.97 Å². The second kappa shape index (κ2) is 5.47. The number of rotatable bonds is 4. The molecule has 0 saturated heterocycles. The second-order valence-corrected chi connectivity index (χ2v) is 4.06. The minimum Gasteiger partial charge on any atom is -0.383 e. The van der Waals surface area contributed by atoms with Crippen LogP contribution < -0.4 is 10.6 Å². The molecule has 0 radical (unpaired) electrons. The quantitative estimate of drug-likeness (QED) is 0.806. The van der Waals surface area contributed by atoms with Gasteiger partial charge in [-0.05, 0) is 6.42 Å². The summed E-state index contributed by atoms with van der Waals surface area (Å²) >= 11 is 0. The van der Waals surface area contributed by atoms with E-state index >= 15 is 0 Å². The first kappa shape index (κ1) is 13.2. The number of nitrogens with zero attached hydrogens (tertiary/aromatic N) is 4. The highest BCUT2D eigenvalue weighted by Gasteiger charge is 2.15. The second-order valence-electron chi connectivity index (χ2n) is 4.06. The predicted octanol–water partition coefficient (Wildman–Crippen LogP) is 0.146. The Balaban J connectivity index is 2.92. The Bertz CT molecular complexity index is 405. The van der Waals surface area contributed by atoms with Gasteiger partial charge in [-0.2, -0.15) is 0 Å². The fraction of sp³-hybridized carbons (Fsp3) is 0.545. The number of aromatic nitrogens is 2. The molecule has 0 aliphatic carbocycles.